The molecule has 238 valence electrons. The van der Waals surface area contributed by atoms with Gasteiger partial charge in [-0.3, -0.25) is 19.2 Å². The van der Waals surface area contributed by atoms with E-state index in [0.29, 0.717) is 41.8 Å². The third-order valence-corrected chi connectivity index (χ3v) is 8.51. The number of fused-ring (bicyclic) bond motifs is 2. The number of aryl methyl sites for hydroxylation is 1. The highest BCUT2D eigenvalue weighted by atomic mass is 16.6. The maximum atomic E-state index is 13.2. The number of nitrogens with one attached hydrogen (secondary N) is 1. The standard InChI is InChI=1S/C34H41N5O6/c1-34(2,3)45-33(42)39-25-15-26(39)19-38(18-25)32(41)23-11-9-21(10-12-23)20-44-29-8-6-7-24(30(29)43-5)17-35-31(40)28-16-27(22-13-14-22)36-37(28)4/h6-12,16,22,25-26H,13-15,17-20H2,1-5H3,(H,35,40). The number of nitrogens with zero attached hydrogens (tertiary/aromatic N) is 4. The molecule has 0 radical (unpaired) electrons. The van der Waals surface area contributed by atoms with Gasteiger partial charge in [0.05, 0.1) is 24.9 Å². The van der Waals surface area contributed by atoms with Gasteiger partial charge < -0.3 is 24.4 Å². The SMILES string of the molecule is COc1c(CNC(=O)c2cc(C3CC3)nn2C)cccc1OCc1ccc(C(=O)N2CC3CC(C2)N3C(=O)OC(C)(C)C)cc1. The Bertz CT molecular complexity index is 1580. The zero-order chi connectivity index (χ0) is 31.9. The van der Waals surface area contributed by atoms with E-state index < -0.39 is 5.60 Å². The topological polar surface area (TPSA) is 115 Å². The minimum atomic E-state index is -0.548. The minimum Gasteiger partial charge on any atom is -0.493 e. The molecule has 3 saturated heterocycles. The van der Waals surface area contributed by atoms with Gasteiger partial charge in [0, 0.05) is 43.7 Å². The number of benzene rings is 2. The van der Waals surface area contributed by atoms with Gasteiger partial charge in [-0.1, -0.05) is 24.3 Å². The van der Waals surface area contributed by atoms with Gasteiger partial charge in [-0.2, -0.15) is 5.10 Å². The van der Waals surface area contributed by atoms with E-state index in [1.165, 1.54) is 0 Å². The van der Waals surface area contributed by atoms with Crippen LogP contribution in [0.4, 0.5) is 4.79 Å². The molecule has 4 fully saturated rings. The zero-order valence-corrected chi connectivity index (χ0v) is 26.5. The first-order valence-corrected chi connectivity index (χ1v) is 15.5. The monoisotopic (exact) mass is 615 g/mol. The molecule has 11 heteroatoms. The second-order valence-electron chi connectivity index (χ2n) is 13.1. The van der Waals surface area contributed by atoms with Gasteiger partial charge in [0.25, 0.3) is 11.8 Å². The normalized spacial score (nSPS) is 19.0. The molecule has 4 aliphatic rings. The van der Waals surface area contributed by atoms with Gasteiger partial charge in [0.15, 0.2) is 11.5 Å². The highest BCUT2D eigenvalue weighted by molar-refractivity contribution is 5.94. The van der Waals surface area contributed by atoms with Crippen LogP contribution in [-0.2, 0) is 24.9 Å². The Balaban J connectivity index is 1.02. The van der Waals surface area contributed by atoms with Crippen molar-refractivity contribution in [1.82, 2.24) is 24.9 Å². The third-order valence-electron chi connectivity index (χ3n) is 8.51. The van der Waals surface area contributed by atoms with Crippen molar-refractivity contribution in [2.24, 2.45) is 7.05 Å². The van der Waals surface area contributed by atoms with Crippen molar-refractivity contribution in [3.8, 4) is 11.5 Å². The first-order chi connectivity index (χ1) is 21.5. The van der Waals surface area contributed by atoms with E-state index in [9.17, 15) is 14.4 Å². The number of para-hydroxylation sites is 1. The number of carbonyl (C=O) groups excluding carboxylic acids is 3. The Kier molecular flexibility index (Phi) is 8.20. The summed E-state index contributed by atoms with van der Waals surface area (Å²) in [6.45, 7) is 7.12. The van der Waals surface area contributed by atoms with Gasteiger partial charge >= 0.3 is 6.09 Å². The summed E-state index contributed by atoms with van der Waals surface area (Å²) in [5, 5.41) is 7.46. The predicted octanol–water partition coefficient (Wildman–Crippen LogP) is 4.65. The van der Waals surface area contributed by atoms with Crippen LogP contribution in [-0.4, -0.2) is 75.4 Å². The number of aromatic nitrogens is 2. The molecule has 4 heterocycles. The Morgan fingerprint density at radius 2 is 1.73 bits per heavy atom. The largest absolute Gasteiger partial charge is 0.493 e. The average Bonchev–Trinajstić information content (AvgIpc) is 3.78. The number of rotatable bonds is 9. The first kappa shape index (κ1) is 30.5. The highest BCUT2D eigenvalue weighted by Gasteiger charge is 2.49. The zero-order valence-electron chi connectivity index (χ0n) is 26.5. The van der Waals surface area contributed by atoms with Gasteiger partial charge in [-0.25, -0.2) is 4.79 Å². The number of methoxy groups -OCH3 is 1. The molecule has 0 spiro atoms. The van der Waals surface area contributed by atoms with E-state index in [4.69, 9.17) is 14.2 Å². The molecule has 45 heavy (non-hydrogen) atoms. The smallest absolute Gasteiger partial charge is 0.410 e. The number of carbonyl (C=O) groups is 3. The lowest BCUT2D eigenvalue weighted by Gasteiger charge is -2.55. The number of amides is 3. The molecule has 3 aromatic rings. The molecule has 1 N–H and O–H groups in total. The molecule has 1 saturated carbocycles. The van der Waals surface area contributed by atoms with E-state index in [1.807, 2.05) is 74.2 Å². The van der Waals surface area contributed by atoms with Crippen LogP contribution < -0.4 is 14.8 Å². The molecule has 11 nitrogen and oxygen atoms in total. The van der Waals surface area contributed by atoms with Crippen LogP contribution in [0.2, 0.25) is 0 Å². The summed E-state index contributed by atoms with van der Waals surface area (Å²) in [7, 11) is 3.36. The fraction of sp³-hybridized carbons (Fsp3) is 0.471. The van der Waals surface area contributed by atoms with Gasteiger partial charge in [0.2, 0.25) is 0 Å². The van der Waals surface area contributed by atoms with E-state index in [2.05, 4.69) is 10.4 Å². The lowest BCUT2D eigenvalue weighted by atomic mass is 9.87. The molecule has 3 aliphatic heterocycles. The van der Waals surface area contributed by atoms with Crippen LogP contribution in [0.15, 0.2) is 48.5 Å². The van der Waals surface area contributed by atoms with Crippen LogP contribution in [0, 0.1) is 0 Å². The second kappa shape index (κ2) is 12.1. The molecular formula is C34H41N5O6. The molecular weight excluding hydrogens is 574 g/mol. The van der Waals surface area contributed by atoms with Crippen molar-refractivity contribution in [3.05, 3.63) is 76.6 Å². The fourth-order valence-electron chi connectivity index (χ4n) is 6.07. The Hall–Kier alpha value is -4.54. The fourth-order valence-corrected chi connectivity index (χ4v) is 6.07. The molecule has 2 bridgehead atoms. The Morgan fingerprint density at radius 3 is 2.38 bits per heavy atom. The van der Waals surface area contributed by atoms with Crippen LogP contribution in [0.5, 0.6) is 11.5 Å². The van der Waals surface area contributed by atoms with Crippen molar-refractivity contribution in [2.75, 3.05) is 20.2 Å². The number of piperazine rings is 1. The van der Waals surface area contributed by atoms with Gasteiger partial charge in [0.1, 0.15) is 17.9 Å². The van der Waals surface area contributed by atoms with E-state index in [0.717, 1.165) is 36.1 Å². The number of ether oxygens (including phenoxy) is 3. The quantitative estimate of drug-likeness (QED) is 0.373. The summed E-state index contributed by atoms with van der Waals surface area (Å²) in [6, 6.07) is 14.8. The average molecular weight is 616 g/mol. The molecule has 2 atom stereocenters. The lowest BCUT2D eigenvalue weighted by molar-refractivity contribution is -0.0693. The Morgan fingerprint density at radius 1 is 1.02 bits per heavy atom. The molecule has 3 amide bonds. The van der Waals surface area contributed by atoms with E-state index in [1.54, 1.807) is 23.7 Å². The van der Waals surface area contributed by atoms with Crippen molar-refractivity contribution in [1.29, 1.82) is 0 Å². The maximum absolute atomic E-state index is 13.2. The van der Waals surface area contributed by atoms with Crippen molar-refractivity contribution >= 4 is 17.9 Å². The van der Waals surface area contributed by atoms with Gasteiger partial charge in [-0.15, -0.1) is 0 Å². The molecule has 1 aromatic heterocycles. The molecule has 2 aromatic carbocycles. The van der Waals surface area contributed by atoms with Gasteiger partial charge in [-0.05, 0) is 69.9 Å². The summed E-state index contributed by atoms with van der Waals surface area (Å²) in [4.78, 5) is 42.3. The minimum absolute atomic E-state index is 0.00961. The van der Waals surface area contributed by atoms with Crippen LogP contribution >= 0.6 is 0 Å². The summed E-state index contributed by atoms with van der Waals surface area (Å²) >= 11 is 0. The lowest BCUT2D eigenvalue weighted by Crippen LogP contribution is -2.71. The predicted molar refractivity (Wildman–Crippen MR) is 166 cm³/mol. The molecule has 7 rings (SSSR count). The van der Waals surface area contributed by atoms with Crippen molar-refractivity contribution in [3.63, 3.8) is 0 Å². The molecule has 2 unspecified atom stereocenters. The van der Waals surface area contributed by atoms with Crippen LogP contribution in [0.1, 0.15) is 83.6 Å². The Labute approximate surface area is 263 Å². The summed E-state index contributed by atoms with van der Waals surface area (Å²) in [5.41, 5.74) is 3.24. The van der Waals surface area contributed by atoms with Crippen molar-refractivity contribution in [2.45, 2.75) is 76.8 Å². The highest BCUT2D eigenvalue weighted by Crippen LogP contribution is 2.39. The maximum Gasteiger partial charge on any atom is 0.410 e. The first-order valence-electron chi connectivity index (χ1n) is 15.5. The summed E-state index contributed by atoms with van der Waals surface area (Å²) in [6.07, 6.45) is 2.84. The van der Waals surface area contributed by atoms with Crippen molar-refractivity contribution < 1.29 is 28.6 Å². The third kappa shape index (κ3) is 6.62. The number of piperidine rings is 1. The summed E-state index contributed by atoms with van der Waals surface area (Å²) in [5.74, 6) is 1.34. The number of hydrogen-bond donors (Lipinski definition) is 1. The summed E-state index contributed by atoms with van der Waals surface area (Å²) < 4.78 is 19.0. The second-order valence-corrected chi connectivity index (χ2v) is 13.1. The van der Waals surface area contributed by atoms with Crippen LogP contribution in [0.25, 0.3) is 0 Å². The molecule has 1 aliphatic carbocycles. The van der Waals surface area contributed by atoms with E-state index >= 15 is 0 Å². The van der Waals surface area contributed by atoms with Crippen LogP contribution in [0.3, 0.4) is 0 Å². The van der Waals surface area contributed by atoms with E-state index in [-0.39, 0.29) is 43.1 Å². The number of hydrogen-bond acceptors (Lipinski definition) is 7.